The third kappa shape index (κ3) is 2.89. The average molecular weight is 317 g/mol. The molecule has 6 nitrogen and oxygen atoms in total. The molecule has 0 fully saturated rings. The fourth-order valence-corrected chi connectivity index (χ4v) is 2.45. The van der Waals surface area contributed by atoms with Gasteiger partial charge < -0.3 is 10.1 Å². The van der Waals surface area contributed by atoms with Crippen molar-refractivity contribution in [3.05, 3.63) is 72.7 Å². The second-order valence-corrected chi connectivity index (χ2v) is 5.23. The van der Waals surface area contributed by atoms with Crippen molar-refractivity contribution in [3.63, 3.8) is 0 Å². The van der Waals surface area contributed by atoms with Crippen LogP contribution >= 0.6 is 0 Å². The zero-order valence-corrected chi connectivity index (χ0v) is 12.8. The Morgan fingerprint density at radius 2 is 1.79 bits per heavy atom. The molecule has 0 amide bonds. The maximum absolute atomic E-state index is 5.98. The van der Waals surface area contributed by atoms with Gasteiger partial charge in [0.1, 0.15) is 23.6 Å². The normalized spacial score (nSPS) is 10.7. The number of H-pyrrole nitrogens is 1. The van der Waals surface area contributed by atoms with E-state index in [0.717, 1.165) is 28.3 Å². The van der Waals surface area contributed by atoms with Crippen LogP contribution in [0.2, 0.25) is 0 Å². The number of para-hydroxylation sites is 2. The molecular weight excluding hydrogens is 302 g/mol. The van der Waals surface area contributed by atoms with E-state index in [1.54, 1.807) is 6.20 Å². The van der Waals surface area contributed by atoms with Crippen LogP contribution in [0.25, 0.3) is 11.0 Å². The maximum Gasteiger partial charge on any atom is 0.160 e. The summed E-state index contributed by atoms with van der Waals surface area (Å²) in [7, 11) is 0. The average Bonchev–Trinajstić information content (AvgIpc) is 3.11. The van der Waals surface area contributed by atoms with Gasteiger partial charge in [0, 0.05) is 12.1 Å². The minimum Gasteiger partial charge on any atom is -0.457 e. The number of ether oxygens (including phenoxy) is 1. The molecular formula is C18H15N5O. The number of fused-ring (bicyclic) bond motifs is 1. The first-order chi connectivity index (χ1) is 11.9. The Balaban J connectivity index is 1.56. The van der Waals surface area contributed by atoms with E-state index in [1.165, 1.54) is 6.33 Å². The summed E-state index contributed by atoms with van der Waals surface area (Å²) in [6.45, 7) is 0.584. The quantitative estimate of drug-likeness (QED) is 0.586. The summed E-state index contributed by atoms with van der Waals surface area (Å²) < 4.78 is 5.98. The molecule has 0 aliphatic heterocycles. The zero-order valence-electron chi connectivity index (χ0n) is 12.8. The molecule has 4 aromatic rings. The molecule has 118 valence electrons. The fraction of sp³-hybridized carbons (Fsp3) is 0.0556. The van der Waals surface area contributed by atoms with Crippen molar-refractivity contribution in [1.82, 2.24) is 20.2 Å². The molecule has 0 saturated carbocycles. The molecule has 0 atom stereocenters. The second-order valence-electron chi connectivity index (χ2n) is 5.23. The van der Waals surface area contributed by atoms with Gasteiger partial charge >= 0.3 is 0 Å². The Kier molecular flexibility index (Phi) is 3.77. The first-order valence-corrected chi connectivity index (χ1v) is 7.59. The van der Waals surface area contributed by atoms with Gasteiger partial charge in [-0.25, -0.2) is 9.97 Å². The lowest BCUT2D eigenvalue weighted by Gasteiger charge is -2.12. The Labute approximate surface area is 138 Å². The molecule has 0 aliphatic rings. The van der Waals surface area contributed by atoms with Crippen LogP contribution in [0.1, 0.15) is 5.56 Å². The zero-order chi connectivity index (χ0) is 16.2. The van der Waals surface area contributed by atoms with Crippen molar-refractivity contribution in [3.8, 4) is 11.5 Å². The van der Waals surface area contributed by atoms with E-state index < -0.39 is 0 Å². The molecule has 0 bridgehead atoms. The van der Waals surface area contributed by atoms with Gasteiger partial charge in [0.25, 0.3) is 0 Å². The topological polar surface area (TPSA) is 75.7 Å². The van der Waals surface area contributed by atoms with E-state index in [9.17, 15) is 0 Å². The van der Waals surface area contributed by atoms with Gasteiger partial charge in [0.05, 0.1) is 11.6 Å². The first kappa shape index (κ1) is 14.2. The highest BCUT2D eigenvalue weighted by Gasteiger charge is 2.08. The number of benzene rings is 2. The highest BCUT2D eigenvalue weighted by molar-refractivity contribution is 5.85. The van der Waals surface area contributed by atoms with Gasteiger partial charge in [0.2, 0.25) is 0 Å². The Morgan fingerprint density at radius 1 is 0.958 bits per heavy atom. The minimum atomic E-state index is 0.584. The number of hydrogen-bond acceptors (Lipinski definition) is 5. The smallest absolute Gasteiger partial charge is 0.160 e. The standard InChI is InChI=1S/C18H15N5O/c1-2-7-14(8-3-1)24-16-9-5-4-6-13(16)10-19-17-15-11-22-23-18(15)21-12-20-17/h1-9,11-12H,10H2,(H2,19,20,21,22,23). The highest BCUT2D eigenvalue weighted by Crippen LogP contribution is 2.26. The Bertz CT molecular complexity index is 952. The summed E-state index contributed by atoms with van der Waals surface area (Å²) in [5.41, 5.74) is 1.75. The highest BCUT2D eigenvalue weighted by atomic mass is 16.5. The second kappa shape index (κ2) is 6.37. The van der Waals surface area contributed by atoms with Crippen LogP contribution < -0.4 is 10.1 Å². The van der Waals surface area contributed by atoms with Crippen molar-refractivity contribution in [2.24, 2.45) is 0 Å². The van der Waals surface area contributed by atoms with Crippen molar-refractivity contribution >= 4 is 16.9 Å². The van der Waals surface area contributed by atoms with E-state index in [4.69, 9.17) is 4.74 Å². The summed E-state index contributed by atoms with van der Waals surface area (Å²) in [5.74, 6) is 2.36. The van der Waals surface area contributed by atoms with Crippen molar-refractivity contribution in [2.45, 2.75) is 6.54 Å². The molecule has 0 saturated heterocycles. The third-order valence-corrected chi connectivity index (χ3v) is 3.64. The molecule has 2 heterocycles. The van der Waals surface area contributed by atoms with E-state index in [0.29, 0.717) is 12.2 Å². The summed E-state index contributed by atoms with van der Waals surface area (Å²) in [6.07, 6.45) is 3.22. The van der Waals surface area contributed by atoms with Crippen LogP contribution in [0.5, 0.6) is 11.5 Å². The van der Waals surface area contributed by atoms with Gasteiger partial charge in [-0.1, -0.05) is 36.4 Å². The van der Waals surface area contributed by atoms with Gasteiger partial charge in [-0.2, -0.15) is 5.10 Å². The third-order valence-electron chi connectivity index (χ3n) is 3.64. The summed E-state index contributed by atoms with van der Waals surface area (Å²) >= 11 is 0. The Morgan fingerprint density at radius 3 is 2.71 bits per heavy atom. The predicted octanol–water partition coefficient (Wildman–Crippen LogP) is 3.76. The number of nitrogens with one attached hydrogen (secondary N) is 2. The van der Waals surface area contributed by atoms with E-state index >= 15 is 0 Å². The lowest BCUT2D eigenvalue weighted by molar-refractivity contribution is 0.477. The molecule has 6 heteroatoms. The van der Waals surface area contributed by atoms with Gasteiger partial charge in [-0.3, -0.25) is 5.10 Å². The molecule has 24 heavy (non-hydrogen) atoms. The number of anilines is 1. The number of rotatable bonds is 5. The Hall–Kier alpha value is -3.41. The minimum absolute atomic E-state index is 0.584. The first-order valence-electron chi connectivity index (χ1n) is 7.59. The molecule has 2 aromatic carbocycles. The molecule has 0 radical (unpaired) electrons. The molecule has 0 aliphatic carbocycles. The van der Waals surface area contributed by atoms with Crippen LogP contribution in [0.4, 0.5) is 5.82 Å². The fourth-order valence-electron chi connectivity index (χ4n) is 2.45. The van der Waals surface area contributed by atoms with E-state index in [2.05, 4.69) is 25.5 Å². The number of aromatic amines is 1. The predicted molar refractivity (Wildman–Crippen MR) is 92.0 cm³/mol. The number of hydrogen-bond donors (Lipinski definition) is 2. The van der Waals surface area contributed by atoms with E-state index in [-0.39, 0.29) is 0 Å². The summed E-state index contributed by atoms with van der Waals surface area (Å²) in [4.78, 5) is 8.42. The lowest BCUT2D eigenvalue weighted by Crippen LogP contribution is -2.03. The summed E-state index contributed by atoms with van der Waals surface area (Å²) in [6, 6.07) is 17.7. The van der Waals surface area contributed by atoms with Crippen molar-refractivity contribution < 1.29 is 4.74 Å². The van der Waals surface area contributed by atoms with Gasteiger partial charge in [-0.05, 0) is 18.2 Å². The molecule has 2 aromatic heterocycles. The lowest BCUT2D eigenvalue weighted by atomic mass is 10.2. The number of nitrogens with zero attached hydrogens (tertiary/aromatic N) is 3. The monoisotopic (exact) mass is 317 g/mol. The van der Waals surface area contributed by atoms with Crippen LogP contribution in [0, 0.1) is 0 Å². The molecule has 4 rings (SSSR count). The van der Waals surface area contributed by atoms with Crippen LogP contribution in [0.15, 0.2) is 67.1 Å². The van der Waals surface area contributed by atoms with Crippen LogP contribution in [0.3, 0.4) is 0 Å². The van der Waals surface area contributed by atoms with Crippen LogP contribution in [-0.4, -0.2) is 20.2 Å². The van der Waals surface area contributed by atoms with Crippen molar-refractivity contribution in [2.75, 3.05) is 5.32 Å². The van der Waals surface area contributed by atoms with Gasteiger partial charge in [0.15, 0.2) is 5.65 Å². The van der Waals surface area contributed by atoms with Crippen molar-refractivity contribution in [1.29, 1.82) is 0 Å². The van der Waals surface area contributed by atoms with Crippen LogP contribution in [-0.2, 0) is 6.54 Å². The molecule has 0 unspecified atom stereocenters. The SMILES string of the molecule is c1ccc(Oc2ccccc2CNc2ncnc3[nH]ncc23)cc1. The largest absolute Gasteiger partial charge is 0.457 e. The summed E-state index contributed by atoms with van der Waals surface area (Å²) in [5, 5.41) is 11.0. The number of aromatic nitrogens is 4. The van der Waals surface area contributed by atoms with Gasteiger partial charge in [-0.15, -0.1) is 0 Å². The molecule has 2 N–H and O–H groups in total. The molecule has 0 spiro atoms. The maximum atomic E-state index is 5.98. The van der Waals surface area contributed by atoms with E-state index in [1.807, 2.05) is 54.6 Å².